The molecule has 0 aliphatic carbocycles. The average molecular weight is 412 g/mol. The first kappa shape index (κ1) is 24.3. The van der Waals surface area contributed by atoms with Crippen molar-refractivity contribution in [2.45, 2.75) is 102 Å². The second kappa shape index (κ2) is 15.8. The van der Waals surface area contributed by atoms with Crippen LogP contribution in [0.1, 0.15) is 83.1 Å². The van der Waals surface area contributed by atoms with Gasteiger partial charge in [-0.25, -0.2) is 0 Å². The zero-order valence-corrected chi connectivity index (χ0v) is 18.5. The lowest BCUT2D eigenvalue weighted by molar-refractivity contribution is 0.00276. The van der Waals surface area contributed by atoms with Crippen molar-refractivity contribution in [1.82, 2.24) is 0 Å². The molecule has 1 saturated heterocycles. The van der Waals surface area contributed by atoms with E-state index in [1.165, 1.54) is 57.8 Å². The van der Waals surface area contributed by atoms with Crippen LogP contribution in [0.25, 0.3) is 10.4 Å². The maximum Gasteiger partial charge on any atom is 0.144 e. The number of benzene rings is 1. The summed E-state index contributed by atoms with van der Waals surface area (Å²) in [6.07, 6.45) is 13.5. The third-order valence-corrected chi connectivity index (χ3v) is 5.51. The zero-order valence-electron chi connectivity index (χ0n) is 18.5. The highest BCUT2D eigenvalue weighted by Gasteiger charge is 2.36. The van der Waals surface area contributed by atoms with E-state index >= 15 is 0 Å². The maximum absolute atomic E-state index is 8.82. The Morgan fingerprint density at radius 2 is 1.70 bits per heavy atom. The Hall–Kier alpha value is -1.99. The van der Waals surface area contributed by atoms with Crippen LogP contribution in [0.3, 0.4) is 0 Å². The molecule has 1 heterocycles. The quantitative estimate of drug-likeness (QED) is 0.109. The number of unbranched alkanes of at least 4 members (excludes halogenated alkanes) is 10. The third-order valence-electron chi connectivity index (χ3n) is 5.51. The highest BCUT2D eigenvalue weighted by molar-refractivity contribution is 5.15. The van der Waals surface area contributed by atoms with E-state index in [0.717, 1.165) is 18.4 Å². The first-order chi connectivity index (χ1) is 14.8. The summed E-state index contributed by atoms with van der Waals surface area (Å²) >= 11 is 0. The standard InChI is InChI=1S/C25H37N3O2/c1-2-3-4-5-6-7-8-9-10-11-12-16-19-24-25(23(21-29-24)27-28-26)30-20-22-17-14-13-15-18-22/h13-15,17-18,23-25H,2-12,20-21H2,1H3/t23-,24-,25-/m1/s1. The first-order valence-corrected chi connectivity index (χ1v) is 11.6. The average Bonchev–Trinajstić information content (AvgIpc) is 3.15. The van der Waals surface area contributed by atoms with Crippen LogP contribution >= 0.6 is 0 Å². The molecule has 164 valence electrons. The van der Waals surface area contributed by atoms with Crippen LogP contribution < -0.4 is 0 Å². The highest BCUT2D eigenvalue weighted by atomic mass is 16.6. The first-order valence-electron chi connectivity index (χ1n) is 11.6. The van der Waals surface area contributed by atoms with Gasteiger partial charge in [-0.15, -0.1) is 5.92 Å². The molecule has 1 aromatic rings. The minimum Gasteiger partial charge on any atom is -0.369 e. The Kier molecular flexibility index (Phi) is 12.8. The van der Waals surface area contributed by atoms with Gasteiger partial charge in [0.15, 0.2) is 0 Å². The Balaban J connectivity index is 1.65. The molecule has 1 aromatic carbocycles. The molecule has 3 atom stereocenters. The largest absolute Gasteiger partial charge is 0.369 e. The van der Waals surface area contributed by atoms with Gasteiger partial charge in [0.25, 0.3) is 0 Å². The minimum absolute atomic E-state index is 0.318. The Morgan fingerprint density at radius 1 is 1.03 bits per heavy atom. The van der Waals surface area contributed by atoms with E-state index in [9.17, 15) is 0 Å². The van der Waals surface area contributed by atoms with E-state index in [2.05, 4.69) is 28.8 Å². The third kappa shape index (κ3) is 9.67. The fraction of sp³-hybridized carbons (Fsp3) is 0.680. The summed E-state index contributed by atoms with van der Waals surface area (Å²) in [7, 11) is 0. The van der Waals surface area contributed by atoms with Crippen LogP contribution in [-0.2, 0) is 16.1 Å². The zero-order chi connectivity index (χ0) is 21.3. The lowest BCUT2D eigenvalue weighted by Crippen LogP contribution is -2.31. The van der Waals surface area contributed by atoms with Crippen molar-refractivity contribution in [3.05, 3.63) is 46.3 Å². The fourth-order valence-electron chi connectivity index (χ4n) is 3.72. The van der Waals surface area contributed by atoms with E-state index in [0.29, 0.717) is 13.2 Å². The van der Waals surface area contributed by atoms with Crippen molar-refractivity contribution in [2.75, 3.05) is 6.61 Å². The fourth-order valence-corrected chi connectivity index (χ4v) is 3.72. The van der Waals surface area contributed by atoms with Crippen LogP contribution in [-0.4, -0.2) is 24.9 Å². The lowest BCUT2D eigenvalue weighted by Gasteiger charge is -2.18. The summed E-state index contributed by atoms with van der Waals surface area (Å²) in [5.74, 6) is 6.46. The van der Waals surface area contributed by atoms with E-state index in [-0.39, 0.29) is 18.2 Å². The van der Waals surface area contributed by atoms with Crippen molar-refractivity contribution < 1.29 is 9.47 Å². The molecule has 5 nitrogen and oxygen atoms in total. The summed E-state index contributed by atoms with van der Waals surface area (Å²) in [6, 6.07) is 9.66. The van der Waals surface area contributed by atoms with Gasteiger partial charge in [-0.05, 0) is 17.5 Å². The number of azide groups is 1. The molecule has 0 bridgehead atoms. The normalized spacial score (nSPS) is 20.4. The smallest absolute Gasteiger partial charge is 0.144 e. The monoisotopic (exact) mass is 411 g/mol. The van der Waals surface area contributed by atoms with Crippen LogP contribution in [0.5, 0.6) is 0 Å². The molecule has 0 saturated carbocycles. The summed E-state index contributed by atoms with van der Waals surface area (Å²) in [5.41, 5.74) is 9.90. The SMILES string of the molecule is CCCCCCCCCCCCC#C[C@H]1OC[C@@H](N=[N+]=[N-])[C@H]1OCc1ccccc1. The molecule has 2 rings (SSSR count). The predicted molar refractivity (Wildman–Crippen MR) is 122 cm³/mol. The summed E-state index contributed by atoms with van der Waals surface area (Å²) in [4.78, 5) is 2.94. The lowest BCUT2D eigenvalue weighted by atomic mass is 10.1. The van der Waals surface area contributed by atoms with Gasteiger partial charge >= 0.3 is 0 Å². The van der Waals surface area contributed by atoms with E-state index in [4.69, 9.17) is 15.0 Å². The van der Waals surface area contributed by atoms with Crippen molar-refractivity contribution in [2.24, 2.45) is 5.11 Å². The minimum atomic E-state index is -0.327. The van der Waals surface area contributed by atoms with Gasteiger partial charge in [-0.2, -0.15) is 0 Å². The Morgan fingerprint density at radius 3 is 2.37 bits per heavy atom. The molecular formula is C25H37N3O2. The summed E-state index contributed by atoms with van der Waals surface area (Å²) < 4.78 is 11.8. The number of ether oxygens (including phenoxy) is 2. The van der Waals surface area contributed by atoms with E-state index < -0.39 is 0 Å². The molecule has 1 aliphatic rings. The number of hydrogen-bond acceptors (Lipinski definition) is 3. The predicted octanol–water partition coefficient (Wildman–Crippen LogP) is 6.96. The van der Waals surface area contributed by atoms with Gasteiger partial charge in [0.2, 0.25) is 0 Å². The summed E-state index contributed by atoms with van der Waals surface area (Å²) in [6.45, 7) is 3.09. The number of hydrogen-bond donors (Lipinski definition) is 0. The van der Waals surface area contributed by atoms with Crippen LogP contribution in [0, 0.1) is 11.8 Å². The van der Waals surface area contributed by atoms with Gasteiger partial charge in [0.1, 0.15) is 12.2 Å². The van der Waals surface area contributed by atoms with Crippen molar-refractivity contribution >= 4 is 0 Å². The molecule has 0 unspecified atom stereocenters. The maximum atomic E-state index is 8.82. The molecular weight excluding hydrogens is 374 g/mol. The van der Waals surface area contributed by atoms with E-state index in [1.54, 1.807) is 0 Å². The van der Waals surface area contributed by atoms with Crippen molar-refractivity contribution in [3.8, 4) is 11.8 Å². The molecule has 0 N–H and O–H groups in total. The molecule has 1 fully saturated rings. The van der Waals surface area contributed by atoms with Gasteiger partial charge in [0, 0.05) is 11.3 Å². The Labute approximate surface area is 182 Å². The van der Waals surface area contributed by atoms with Gasteiger partial charge in [-0.3, -0.25) is 0 Å². The van der Waals surface area contributed by atoms with Crippen LogP contribution in [0.4, 0.5) is 0 Å². The van der Waals surface area contributed by atoms with Crippen molar-refractivity contribution in [3.63, 3.8) is 0 Å². The van der Waals surface area contributed by atoms with Gasteiger partial charge < -0.3 is 9.47 Å². The second-order valence-corrected chi connectivity index (χ2v) is 8.04. The Bertz CT molecular complexity index is 677. The molecule has 0 spiro atoms. The van der Waals surface area contributed by atoms with Crippen molar-refractivity contribution in [1.29, 1.82) is 0 Å². The molecule has 0 aromatic heterocycles. The van der Waals surface area contributed by atoms with Gasteiger partial charge in [0.05, 0.1) is 19.3 Å². The second-order valence-electron chi connectivity index (χ2n) is 8.04. The summed E-state index contributed by atoms with van der Waals surface area (Å²) in [5, 5.41) is 3.84. The molecule has 0 radical (unpaired) electrons. The van der Waals surface area contributed by atoms with Crippen LogP contribution in [0.2, 0.25) is 0 Å². The van der Waals surface area contributed by atoms with Gasteiger partial charge in [-0.1, -0.05) is 106 Å². The number of nitrogens with zero attached hydrogens (tertiary/aromatic N) is 3. The molecule has 5 heteroatoms. The molecule has 1 aliphatic heterocycles. The molecule has 30 heavy (non-hydrogen) atoms. The number of rotatable bonds is 14. The molecule has 0 amide bonds. The topological polar surface area (TPSA) is 67.2 Å². The van der Waals surface area contributed by atoms with E-state index in [1.807, 2.05) is 30.3 Å². The highest BCUT2D eigenvalue weighted by Crippen LogP contribution is 2.22. The van der Waals surface area contributed by atoms with Crippen LogP contribution in [0.15, 0.2) is 35.4 Å².